The molecule has 0 heterocycles. The van der Waals surface area contributed by atoms with Crippen LogP contribution in [0.4, 0.5) is 0 Å². The molecule has 0 bridgehead atoms. The highest BCUT2D eigenvalue weighted by Gasteiger charge is 2.27. The molecule has 120 valence electrons. The molecule has 0 spiro atoms. The van der Waals surface area contributed by atoms with Gasteiger partial charge in [0.1, 0.15) is 0 Å². The highest BCUT2D eigenvalue weighted by Crippen LogP contribution is 2.24. The zero-order chi connectivity index (χ0) is 16.0. The minimum Gasteiger partial charge on any atom is -0.327 e. The number of hydrogen-bond acceptors (Lipinski definition) is 3. The predicted molar refractivity (Wildman–Crippen MR) is 86.8 cm³/mol. The van der Waals surface area contributed by atoms with E-state index in [1.807, 2.05) is 34.6 Å². The minimum atomic E-state index is -3.43. The normalized spacial score (nSPS) is 17.1. The Balaban J connectivity index is 5.22. The smallest absolute Gasteiger partial charge is 0.236 e. The summed E-state index contributed by atoms with van der Waals surface area (Å²) < 4.78 is 27.7. The Bertz CT molecular complexity index is 408. The summed E-state index contributed by atoms with van der Waals surface area (Å²) in [5.74, 6) is 0.203. The van der Waals surface area contributed by atoms with Gasteiger partial charge in [-0.1, -0.05) is 33.3 Å². The maximum absolute atomic E-state index is 12.5. The van der Waals surface area contributed by atoms with Gasteiger partial charge in [0.15, 0.2) is 0 Å². The van der Waals surface area contributed by atoms with Crippen LogP contribution in [0.5, 0.6) is 0 Å². The van der Waals surface area contributed by atoms with Gasteiger partial charge in [0.05, 0.1) is 4.91 Å². The monoisotopic (exact) mass is 304 g/mol. The van der Waals surface area contributed by atoms with E-state index in [4.69, 9.17) is 5.73 Å². The van der Waals surface area contributed by atoms with Gasteiger partial charge in [-0.3, -0.25) is 0 Å². The van der Waals surface area contributed by atoms with Crippen molar-refractivity contribution in [3.63, 3.8) is 0 Å². The van der Waals surface area contributed by atoms with Crippen molar-refractivity contribution in [3.05, 3.63) is 11.0 Å². The predicted octanol–water partition coefficient (Wildman–Crippen LogP) is 3.15. The van der Waals surface area contributed by atoms with Gasteiger partial charge >= 0.3 is 0 Å². The fraction of sp³-hybridized carbons (Fsp3) is 0.867. The van der Waals surface area contributed by atoms with Crippen molar-refractivity contribution < 1.29 is 8.42 Å². The summed E-state index contributed by atoms with van der Waals surface area (Å²) in [6.07, 6.45) is 4.79. The van der Waals surface area contributed by atoms with Crippen LogP contribution in [-0.4, -0.2) is 20.0 Å². The van der Waals surface area contributed by atoms with Gasteiger partial charge in [0, 0.05) is 11.6 Å². The van der Waals surface area contributed by atoms with Crippen LogP contribution in [0.15, 0.2) is 11.0 Å². The van der Waals surface area contributed by atoms with Crippen molar-refractivity contribution in [1.29, 1.82) is 0 Å². The average molecular weight is 305 g/mol. The van der Waals surface area contributed by atoms with Gasteiger partial charge in [-0.05, 0) is 46.0 Å². The molecule has 0 aromatic carbocycles. The second kappa shape index (κ2) is 8.15. The SMILES string of the molecule is CC/C=C(\CC(CC)C(N)CC)S(=O)(=O)NC(C)(C)C. The second-order valence-corrected chi connectivity index (χ2v) is 8.11. The Labute approximate surface area is 125 Å². The first-order valence-electron chi connectivity index (χ1n) is 7.55. The molecule has 0 radical (unpaired) electrons. The average Bonchev–Trinajstić information content (AvgIpc) is 2.30. The van der Waals surface area contributed by atoms with E-state index >= 15 is 0 Å². The Morgan fingerprint density at radius 2 is 1.75 bits per heavy atom. The molecular weight excluding hydrogens is 272 g/mol. The van der Waals surface area contributed by atoms with Gasteiger partial charge in [0.2, 0.25) is 10.0 Å². The van der Waals surface area contributed by atoms with Crippen molar-refractivity contribution in [3.8, 4) is 0 Å². The van der Waals surface area contributed by atoms with E-state index in [-0.39, 0.29) is 12.0 Å². The Kier molecular flexibility index (Phi) is 7.99. The van der Waals surface area contributed by atoms with Crippen LogP contribution >= 0.6 is 0 Å². The van der Waals surface area contributed by atoms with E-state index in [0.29, 0.717) is 17.7 Å². The molecule has 4 nitrogen and oxygen atoms in total. The Morgan fingerprint density at radius 1 is 1.20 bits per heavy atom. The molecule has 0 aromatic heterocycles. The highest BCUT2D eigenvalue weighted by molar-refractivity contribution is 7.93. The molecule has 0 aliphatic carbocycles. The molecule has 3 N–H and O–H groups in total. The first kappa shape index (κ1) is 19.6. The molecule has 0 rings (SSSR count). The van der Waals surface area contributed by atoms with E-state index in [1.54, 1.807) is 6.08 Å². The van der Waals surface area contributed by atoms with Crippen LogP contribution in [0.1, 0.15) is 67.2 Å². The van der Waals surface area contributed by atoms with Gasteiger partial charge in [-0.25, -0.2) is 13.1 Å². The summed E-state index contributed by atoms with van der Waals surface area (Å²) in [5, 5.41) is 0. The zero-order valence-corrected chi connectivity index (χ0v) is 14.7. The fourth-order valence-electron chi connectivity index (χ4n) is 2.19. The summed E-state index contributed by atoms with van der Waals surface area (Å²) in [4.78, 5) is 0.477. The van der Waals surface area contributed by atoms with Gasteiger partial charge in [-0.2, -0.15) is 0 Å². The molecule has 0 aliphatic rings. The van der Waals surface area contributed by atoms with Crippen LogP contribution in [0.25, 0.3) is 0 Å². The molecule has 2 unspecified atom stereocenters. The third kappa shape index (κ3) is 6.86. The third-order valence-electron chi connectivity index (χ3n) is 3.28. The third-order valence-corrected chi connectivity index (χ3v) is 5.19. The first-order valence-corrected chi connectivity index (χ1v) is 9.04. The molecular formula is C15H32N2O2S. The summed E-state index contributed by atoms with van der Waals surface area (Å²) in [6.45, 7) is 11.6. The highest BCUT2D eigenvalue weighted by atomic mass is 32.2. The number of sulfonamides is 1. The molecule has 0 fully saturated rings. The van der Waals surface area contributed by atoms with E-state index in [9.17, 15) is 8.42 Å². The van der Waals surface area contributed by atoms with E-state index in [1.165, 1.54) is 0 Å². The van der Waals surface area contributed by atoms with Gasteiger partial charge in [-0.15, -0.1) is 0 Å². The lowest BCUT2D eigenvalue weighted by Crippen LogP contribution is -2.41. The number of nitrogens with two attached hydrogens (primary N) is 1. The fourth-order valence-corrected chi connectivity index (χ4v) is 3.95. The maximum Gasteiger partial charge on any atom is 0.236 e. The summed E-state index contributed by atoms with van der Waals surface area (Å²) in [6, 6.07) is 0.0464. The Morgan fingerprint density at radius 3 is 2.10 bits per heavy atom. The summed E-state index contributed by atoms with van der Waals surface area (Å²) in [5.41, 5.74) is 5.63. The molecule has 5 heteroatoms. The van der Waals surface area contributed by atoms with Crippen molar-refractivity contribution in [2.24, 2.45) is 11.7 Å². The molecule has 20 heavy (non-hydrogen) atoms. The van der Waals surface area contributed by atoms with Crippen LogP contribution in [0.3, 0.4) is 0 Å². The lowest BCUT2D eigenvalue weighted by atomic mass is 9.92. The topological polar surface area (TPSA) is 72.2 Å². The zero-order valence-electron chi connectivity index (χ0n) is 13.9. The second-order valence-electron chi connectivity index (χ2n) is 6.38. The van der Waals surface area contributed by atoms with Crippen LogP contribution in [0, 0.1) is 5.92 Å². The number of hydrogen-bond donors (Lipinski definition) is 2. The van der Waals surface area contributed by atoms with E-state index in [2.05, 4.69) is 11.6 Å². The molecule has 0 saturated carbocycles. The van der Waals surface area contributed by atoms with Crippen molar-refractivity contribution in [2.45, 2.75) is 78.8 Å². The van der Waals surface area contributed by atoms with Gasteiger partial charge < -0.3 is 5.73 Å². The van der Waals surface area contributed by atoms with E-state index in [0.717, 1.165) is 12.8 Å². The molecule has 0 aromatic rings. The van der Waals surface area contributed by atoms with Crippen LogP contribution < -0.4 is 10.5 Å². The van der Waals surface area contributed by atoms with Crippen molar-refractivity contribution in [2.75, 3.05) is 0 Å². The number of rotatable bonds is 8. The largest absolute Gasteiger partial charge is 0.327 e. The van der Waals surface area contributed by atoms with Crippen molar-refractivity contribution in [1.82, 2.24) is 4.72 Å². The number of nitrogens with one attached hydrogen (secondary N) is 1. The lowest BCUT2D eigenvalue weighted by Gasteiger charge is -2.26. The minimum absolute atomic E-state index is 0.0464. The summed E-state index contributed by atoms with van der Waals surface area (Å²) >= 11 is 0. The van der Waals surface area contributed by atoms with Crippen LogP contribution in [0.2, 0.25) is 0 Å². The van der Waals surface area contributed by atoms with Crippen LogP contribution in [-0.2, 0) is 10.0 Å². The number of allylic oxidation sites excluding steroid dienone is 2. The maximum atomic E-state index is 12.5. The Hall–Kier alpha value is -0.390. The quantitative estimate of drug-likeness (QED) is 0.723. The molecule has 0 saturated heterocycles. The first-order chi connectivity index (χ1) is 9.07. The van der Waals surface area contributed by atoms with E-state index < -0.39 is 15.6 Å². The molecule has 2 atom stereocenters. The molecule has 0 aliphatic heterocycles. The standard InChI is InChI=1S/C15H32N2O2S/c1-7-10-13(11-12(8-2)14(16)9-3)20(18,19)17-15(4,5)6/h10,12,14,17H,7-9,11,16H2,1-6H3/b13-10+. The summed E-state index contributed by atoms with van der Waals surface area (Å²) in [7, 11) is -3.43. The van der Waals surface area contributed by atoms with Crippen molar-refractivity contribution >= 4 is 10.0 Å². The molecule has 0 amide bonds. The lowest BCUT2D eigenvalue weighted by molar-refractivity contribution is 0.397. The van der Waals surface area contributed by atoms with Gasteiger partial charge in [0.25, 0.3) is 0 Å².